The van der Waals surface area contributed by atoms with Gasteiger partial charge in [0.15, 0.2) is 0 Å². The Kier molecular flexibility index (Phi) is 3.92. The van der Waals surface area contributed by atoms with Crippen LogP contribution in [0.15, 0.2) is 47.4 Å². The van der Waals surface area contributed by atoms with E-state index in [2.05, 4.69) is 5.32 Å². The Morgan fingerprint density at radius 1 is 1.14 bits per heavy atom. The van der Waals surface area contributed by atoms with Crippen LogP contribution in [-0.2, 0) is 10.0 Å². The second-order valence-corrected chi connectivity index (χ2v) is 5.76. The van der Waals surface area contributed by atoms with E-state index in [0.717, 1.165) is 12.1 Å². The lowest BCUT2D eigenvalue weighted by molar-refractivity contribution is 0.102. The zero-order valence-electron chi connectivity index (χ0n) is 10.7. The van der Waals surface area contributed by atoms with Crippen LogP contribution in [0.2, 0.25) is 0 Å². The number of nitrogen functional groups attached to an aromatic ring is 1. The molecule has 1 amide bonds. The van der Waals surface area contributed by atoms with Crippen LogP contribution in [0, 0.1) is 5.82 Å². The molecule has 0 unspecified atom stereocenters. The minimum absolute atomic E-state index is 0.0353. The van der Waals surface area contributed by atoms with Gasteiger partial charge in [-0.1, -0.05) is 12.1 Å². The van der Waals surface area contributed by atoms with Crippen molar-refractivity contribution in [1.82, 2.24) is 0 Å². The molecule has 5 N–H and O–H groups in total. The third-order valence-corrected chi connectivity index (χ3v) is 3.65. The third kappa shape index (κ3) is 3.36. The molecule has 21 heavy (non-hydrogen) atoms. The standard InChI is InChI=1S/C13H12FN3O3S/c14-10-6-5-8(15)7-9(10)13(18)17-11-3-1-2-4-12(11)21(16,19)20/h1-7H,15H2,(H,17,18)(H2,16,19,20). The maximum atomic E-state index is 13.6. The van der Waals surface area contributed by atoms with Crippen LogP contribution in [0.3, 0.4) is 0 Å². The Labute approximate surface area is 120 Å². The van der Waals surface area contributed by atoms with Gasteiger partial charge in [-0.25, -0.2) is 17.9 Å². The fourth-order valence-corrected chi connectivity index (χ4v) is 2.42. The largest absolute Gasteiger partial charge is 0.399 e. The Morgan fingerprint density at radius 3 is 2.48 bits per heavy atom. The lowest BCUT2D eigenvalue weighted by atomic mass is 10.1. The van der Waals surface area contributed by atoms with Crippen molar-refractivity contribution in [2.24, 2.45) is 5.14 Å². The number of para-hydroxylation sites is 1. The molecule has 0 aliphatic heterocycles. The van der Waals surface area contributed by atoms with Crippen LogP contribution >= 0.6 is 0 Å². The molecule has 8 heteroatoms. The molecule has 2 rings (SSSR count). The number of rotatable bonds is 3. The van der Waals surface area contributed by atoms with Crippen LogP contribution in [0.5, 0.6) is 0 Å². The van der Waals surface area contributed by atoms with E-state index < -0.39 is 21.7 Å². The fourth-order valence-electron chi connectivity index (χ4n) is 1.72. The molecule has 2 aromatic carbocycles. The van der Waals surface area contributed by atoms with Crippen LogP contribution < -0.4 is 16.2 Å². The van der Waals surface area contributed by atoms with E-state index in [4.69, 9.17) is 10.9 Å². The summed E-state index contributed by atoms with van der Waals surface area (Å²) in [7, 11) is -4.01. The zero-order valence-corrected chi connectivity index (χ0v) is 11.5. The molecule has 0 aliphatic rings. The Balaban J connectivity index is 2.39. The summed E-state index contributed by atoms with van der Waals surface area (Å²) < 4.78 is 36.4. The Morgan fingerprint density at radius 2 is 1.81 bits per heavy atom. The number of nitrogens with one attached hydrogen (secondary N) is 1. The summed E-state index contributed by atoms with van der Waals surface area (Å²) in [5, 5.41) is 7.36. The van der Waals surface area contributed by atoms with Crippen molar-refractivity contribution in [1.29, 1.82) is 0 Å². The van der Waals surface area contributed by atoms with E-state index in [1.165, 1.54) is 30.3 Å². The van der Waals surface area contributed by atoms with Crippen molar-refractivity contribution in [3.63, 3.8) is 0 Å². The molecule has 110 valence electrons. The zero-order chi connectivity index (χ0) is 15.6. The SMILES string of the molecule is Nc1ccc(F)c(C(=O)Nc2ccccc2S(N)(=O)=O)c1. The number of sulfonamides is 1. The predicted molar refractivity (Wildman–Crippen MR) is 76.6 cm³/mol. The number of hydrogen-bond donors (Lipinski definition) is 3. The molecule has 0 saturated heterocycles. The van der Waals surface area contributed by atoms with Crippen LogP contribution in [0.1, 0.15) is 10.4 Å². The minimum atomic E-state index is -4.01. The first-order chi connectivity index (χ1) is 9.79. The average Bonchev–Trinajstić information content (AvgIpc) is 2.41. The highest BCUT2D eigenvalue weighted by Gasteiger charge is 2.17. The van der Waals surface area contributed by atoms with Gasteiger partial charge < -0.3 is 11.1 Å². The maximum absolute atomic E-state index is 13.6. The third-order valence-electron chi connectivity index (χ3n) is 2.68. The van der Waals surface area contributed by atoms with E-state index in [1.54, 1.807) is 0 Å². The van der Waals surface area contributed by atoms with Gasteiger partial charge >= 0.3 is 0 Å². The molecular weight excluding hydrogens is 297 g/mol. The number of carbonyl (C=O) groups excluding carboxylic acids is 1. The summed E-state index contributed by atoms with van der Waals surface area (Å²) in [5.41, 5.74) is 5.38. The van der Waals surface area contributed by atoms with E-state index in [1.807, 2.05) is 0 Å². The summed E-state index contributed by atoms with van der Waals surface area (Å²) in [4.78, 5) is 11.8. The molecule has 0 aliphatic carbocycles. The average molecular weight is 309 g/mol. The molecule has 0 aromatic heterocycles. The normalized spacial score (nSPS) is 11.1. The summed E-state index contributed by atoms with van der Waals surface area (Å²) in [6.07, 6.45) is 0. The van der Waals surface area contributed by atoms with E-state index in [9.17, 15) is 17.6 Å². The summed E-state index contributed by atoms with van der Waals surface area (Å²) in [5.74, 6) is -1.59. The highest BCUT2D eigenvalue weighted by Crippen LogP contribution is 2.21. The first-order valence-corrected chi connectivity index (χ1v) is 7.32. The number of anilines is 2. The predicted octanol–water partition coefficient (Wildman–Crippen LogP) is 1.31. The minimum Gasteiger partial charge on any atom is -0.399 e. The van der Waals surface area contributed by atoms with Crippen LogP contribution in [0.25, 0.3) is 0 Å². The number of nitrogens with two attached hydrogens (primary N) is 2. The van der Waals surface area contributed by atoms with Gasteiger partial charge in [0.05, 0.1) is 11.3 Å². The number of benzene rings is 2. The number of amides is 1. The van der Waals surface area contributed by atoms with Crippen molar-refractivity contribution >= 4 is 27.3 Å². The van der Waals surface area contributed by atoms with Crippen LogP contribution in [0.4, 0.5) is 15.8 Å². The van der Waals surface area contributed by atoms with Crippen molar-refractivity contribution in [3.8, 4) is 0 Å². The molecule has 0 atom stereocenters. The second kappa shape index (κ2) is 5.51. The second-order valence-electron chi connectivity index (χ2n) is 4.23. The van der Waals surface area contributed by atoms with Crippen molar-refractivity contribution in [2.75, 3.05) is 11.1 Å². The molecule has 0 bridgehead atoms. The monoisotopic (exact) mass is 309 g/mol. The number of hydrogen-bond acceptors (Lipinski definition) is 4. The van der Waals surface area contributed by atoms with Crippen molar-refractivity contribution < 1.29 is 17.6 Å². The first kappa shape index (κ1) is 14.9. The summed E-state index contributed by atoms with van der Waals surface area (Å²) in [6, 6.07) is 9.07. The van der Waals surface area contributed by atoms with Gasteiger partial charge in [0, 0.05) is 5.69 Å². The number of carbonyl (C=O) groups is 1. The molecule has 0 heterocycles. The molecule has 0 saturated carbocycles. The van der Waals surface area contributed by atoms with Crippen molar-refractivity contribution in [2.45, 2.75) is 4.90 Å². The van der Waals surface area contributed by atoms with Crippen LogP contribution in [-0.4, -0.2) is 14.3 Å². The Hall–Kier alpha value is -2.45. The van der Waals surface area contributed by atoms with Gasteiger partial charge in [-0.05, 0) is 30.3 Å². The smallest absolute Gasteiger partial charge is 0.258 e. The van der Waals surface area contributed by atoms with Gasteiger partial charge in [-0.15, -0.1) is 0 Å². The van der Waals surface area contributed by atoms with Gasteiger partial charge in [-0.2, -0.15) is 0 Å². The summed E-state index contributed by atoms with van der Waals surface area (Å²) in [6.45, 7) is 0. The van der Waals surface area contributed by atoms with Gasteiger partial charge in [0.2, 0.25) is 10.0 Å². The number of halogens is 1. The molecule has 0 radical (unpaired) electrons. The molecule has 0 spiro atoms. The molecule has 6 nitrogen and oxygen atoms in total. The van der Waals surface area contributed by atoms with Gasteiger partial charge in [0.1, 0.15) is 10.7 Å². The topological polar surface area (TPSA) is 115 Å². The van der Waals surface area contributed by atoms with E-state index >= 15 is 0 Å². The molecular formula is C13H12FN3O3S. The fraction of sp³-hybridized carbons (Fsp3) is 0. The van der Waals surface area contributed by atoms with Gasteiger partial charge in [-0.3, -0.25) is 4.79 Å². The quantitative estimate of drug-likeness (QED) is 0.741. The van der Waals surface area contributed by atoms with E-state index in [-0.39, 0.29) is 21.8 Å². The van der Waals surface area contributed by atoms with E-state index in [0.29, 0.717) is 0 Å². The first-order valence-electron chi connectivity index (χ1n) is 5.77. The Bertz CT molecular complexity index is 806. The van der Waals surface area contributed by atoms with Gasteiger partial charge in [0.25, 0.3) is 5.91 Å². The lowest BCUT2D eigenvalue weighted by Gasteiger charge is -2.10. The maximum Gasteiger partial charge on any atom is 0.258 e. The summed E-state index contributed by atoms with van der Waals surface area (Å²) >= 11 is 0. The highest BCUT2D eigenvalue weighted by molar-refractivity contribution is 7.89. The highest BCUT2D eigenvalue weighted by atomic mass is 32.2. The lowest BCUT2D eigenvalue weighted by Crippen LogP contribution is -2.19. The van der Waals surface area contributed by atoms with Crippen molar-refractivity contribution in [3.05, 3.63) is 53.8 Å². The molecule has 2 aromatic rings. The molecule has 0 fully saturated rings. The number of primary sulfonamides is 1.